The fraction of sp³-hybridized carbons (Fsp3) is 0.188. The number of methoxy groups -OCH3 is 1. The first-order chi connectivity index (χ1) is 9.95. The van der Waals surface area contributed by atoms with Crippen LogP contribution >= 0.6 is 15.9 Å². The van der Waals surface area contributed by atoms with E-state index in [9.17, 15) is 4.79 Å². The minimum atomic E-state index is -1.01. The molecule has 0 aliphatic carbocycles. The molecular weight excluding hydrogens is 332 g/mol. The quantitative estimate of drug-likeness (QED) is 0.871. The minimum Gasteiger partial charge on any atom is -0.497 e. The first kappa shape index (κ1) is 15.4. The van der Waals surface area contributed by atoms with Crippen LogP contribution in [0.25, 0.3) is 0 Å². The van der Waals surface area contributed by atoms with Gasteiger partial charge in [-0.05, 0) is 42.8 Å². The summed E-state index contributed by atoms with van der Waals surface area (Å²) in [5.41, 5.74) is 6.19. The molecule has 0 saturated carbocycles. The SMILES string of the molecule is COc1ccc(C(C)(Nc2cccc(Br)c2)C(N)=O)cc1. The fourth-order valence-corrected chi connectivity index (χ4v) is 2.45. The maximum Gasteiger partial charge on any atom is 0.247 e. The molecule has 4 nitrogen and oxygen atoms in total. The molecular formula is C16H17BrN2O2. The van der Waals surface area contributed by atoms with E-state index in [2.05, 4.69) is 21.2 Å². The standard InChI is InChI=1S/C16H17BrN2O2/c1-16(15(18)20,11-6-8-14(21-2)9-7-11)19-13-5-3-4-12(17)10-13/h3-10,19H,1-2H3,(H2,18,20). The number of ether oxygens (including phenoxy) is 1. The van der Waals surface area contributed by atoms with E-state index in [1.165, 1.54) is 0 Å². The fourth-order valence-electron chi connectivity index (χ4n) is 2.06. The molecule has 2 aromatic carbocycles. The molecule has 0 heterocycles. The van der Waals surface area contributed by atoms with Gasteiger partial charge in [-0.25, -0.2) is 0 Å². The summed E-state index contributed by atoms with van der Waals surface area (Å²) >= 11 is 3.41. The van der Waals surface area contributed by atoms with Crippen LogP contribution in [0.15, 0.2) is 53.0 Å². The molecule has 0 spiro atoms. The van der Waals surface area contributed by atoms with Crippen molar-refractivity contribution in [2.75, 3.05) is 12.4 Å². The number of nitrogens with one attached hydrogen (secondary N) is 1. The summed E-state index contributed by atoms with van der Waals surface area (Å²) in [4.78, 5) is 12.0. The molecule has 3 N–H and O–H groups in total. The second kappa shape index (κ2) is 6.18. The molecule has 1 unspecified atom stereocenters. The van der Waals surface area contributed by atoms with Crippen LogP contribution in [-0.4, -0.2) is 13.0 Å². The second-order valence-electron chi connectivity index (χ2n) is 4.85. The molecule has 0 aliphatic rings. The van der Waals surface area contributed by atoms with Gasteiger partial charge in [0.2, 0.25) is 5.91 Å². The number of primary amides is 1. The van der Waals surface area contributed by atoms with E-state index >= 15 is 0 Å². The summed E-state index contributed by atoms with van der Waals surface area (Å²) in [6.07, 6.45) is 0. The van der Waals surface area contributed by atoms with Crippen molar-refractivity contribution in [3.8, 4) is 5.75 Å². The van der Waals surface area contributed by atoms with Crippen molar-refractivity contribution in [3.63, 3.8) is 0 Å². The van der Waals surface area contributed by atoms with Crippen molar-refractivity contribution in [3.05, 3.63) is 58.6 Å². The number of nitrogens with two attached hydrogens (primary N) is 1. The van der Waals surface area contributed by atoms with Crippen molar-refractivity contribution >= 4 is 27.5 Å². The van der Waals surface area contributed by atoms with Crippen LogP contribution in [-0.2, 0) is 10.3 Å². The molecule has 2 rings (SSSR count). The van der Waals surface area contributed by atoms with Crippen LogP contribution in [0.2, 0.25) is 0 Å². The topological polar surface area (TPSA) is 64.3 Å². The van der Waals surface area contributed by atoms with Gasteiger partial charge >= 0.3 is 0 Å². The molecule has 1 atom stereocenters. The van der Waals surface area contributed by atoms with Gasteiger partial charge in [0, 0.05) is 10.2 Å². The Kier molecular flexibility index (Phi) is 4.53. The number of hydrogen-bond donors (Lipinski definition) is 2. The number of benzene rings is 2. The average Bonchev–Trinajstić information content (AvgIpc) is 2.47. The third-order valence-corrected chi connectivity index (χ3v) is 3.87. The third-order valence-electron chi connectivity index (χ3n) is 3.38. The van der Waals surface area contributed by atoms with E-state index in [1.807, 2.05) is 36.4 Å². The van der Waals surface area contributed by atoms with E-state index in [-0.39, 0.29) is 0 Å². The number of rotatable bonds is 5. The first-order valence-corrected chi connectivity index (χ1v) is 7.23. The van der Waals surface area contributed by atoms with Gasteiger partial charge in [-0.2, -0.15) is 0 Å². The normalized spacial score (nSPS) is 13.3. The molecule has 21 heavy (non-hydrogen) atoms. The lowest BCUT2D eigenvalue weighted by Gasteiger charge is -2.29. The number of carbonyl (C=O) groups excluding carboxylic acids is 1. The van der Waals surface area contributed by atoms with Gasteiger partial charge in [-0.1, -0.05) is 34.1 Å². The highest BCUT2D eigenvalue weighted by molar-refractivity contribution is 9.10. The van der Waals surface area contributed by atoms with Crippen molar-refractivity contribution in [1.82, 2.24) is 0 Å². The Morgan fingerprint density at radius 1 is 1.24 bits per heavy atom. The first-order valence-electron chi connectivity index (χ1n) is 6.44. The Morgan fingerprint density at radius 2 is 1.90 bits per heavy atom. The van der Waals surface area contributed by atoms with Crippen LogP contribution in [0.3, 0.4) is 0 Å². The van der Waals surface area contributed by atoms with Crippen molar-refractivity contribution in [2.45, 2.75) is 12.5 Å². The van der Waals surface area contributed by atoms with Crippen molar-refractivity contribution in [2.24, 2.45) is 5.73 Å². The van der Waals surface area contributed by atoms with Gasteiger partial charge < -0.3 is 15.8 Å². The number of halogens is 1. The zero-order valence-corrected chi connectivity index (χ0v) is 13.5. The summed E-state index contributed by atoms with van der Waals surface area (Å²) in [6.45, 7) is 1.76. The maximum absolute atomic E-state index is 12.0. The summed E-state index contributed by atoms with van der Waals surface area (Å²) in [5, 5.41) is 3.20. The average molecular weight is 349 g/mol. The van der Waals surface area contributed by atoms with E-state index in [0.29, 0.717) is 0 Å². The summed E-state index contributed by atoms with van der Waals surface area (Å²) in [7, 11) is 1.60. The van der Waals surface area contributed by atoms with Crippen molar-refractivity contribution in [1.29, 1.82) is 0 Å². The molecule has 0 radical (unpaired) electrons. The molecule has 0 aromatic heterocycles. The predicted molar refractivity (Wildman–Crippen MR) is 87.3 cm³/mol. The zero-order chi connectivity index (χ0) is 15.5. The molecule has 5 heteroatoms. The van der Waals surface area contributed by atoms with Gasteiger partial charge in [0.25, 0.3) is 0 Å². The van der Waals surface area contributed by atoms with Crippen LogP contribution in [0.5, 0.6) is 5.75 Å². The lowest BCUT2D eigenvalue weighted by Crippen LogP contribution is -2.45. The van der Waals surface area contributed by atoms with Gasteiger partial charge in [0.05, 0.1) is 7.11 Å². The van der Waals surface area contributed by atoms with E-state index in [4.69, 9.17) is 10.5 Å². The zero-order valence-electron chi connectivity index (χ0n) is 11.9. The Bertz CT molecular complexity index is 643. The van der Waals surface area contributed by atoms with E-state index in [0.717, 1.165) is 21.5 Å². The van der Waals surface area contributed by atoms with Gasteiger partial charge in [0.1, 0.15) is 11.3 Å². The lowest BCUT2D eigenvalue weighted by atomic mass is 9.90. The van der Waals surface area contributed by atoms with E-state index in [1.54, 1.807) is 26.2 Å². The Balaban J connectivity index is 2.37. The second-order valence-corrected chi connectivity index (χ2v) is 5.77. The smallest absolute Gasteiger partial charge is 0.247 e. The number of anilines is 1. The van der Waals surface area contributed by atoms with Gasteiger partial charge in [-0.15, -0.1) is 0 Å². The minimum absolute atomic E-state index is 0.451. The summed E-state index contributed by atoms with van der Waals surface area (Å²) in [5.74, 6) is 0.278. The highest BCUT2D eigenvalue weighted by Gasteiger charge is 2.33. The molecule has 110 valence electrons. The van der Waals surface area contributed by atoms with Crippen molar-refractivity contribution < 1.29 is 9.53 Å². The third kappa shape index (κ3) is 3.36. The Hall–Kier alpha value is -2.01. The highest BCUT2D eigenvalue weighted by Crippen LogP contribution is 2.28. The Morgan fingerprint density at radius 3 is 2.43 bits per heavy atom. The predicted octanol–water partition coefficient (Wildman–Crippen LogP) is 3.27. The maximum atomic E-state index is 12.0. The molecule has 0 aliphatic heterocycles. The van der Waals surface area contributed by atoms with Crippen LogP contribution in [0.4, 0.5) is 5.69 Å². The number of hydrogen-bond acceptors (Lipinski definition) is 3. The van der Waals surface area contributed by atoms with Gasteiger partial charge in [0.15, 0.2) is 0 Å². The molecule has 2 aromatic rings. The van der Waals surface area contributed by atoms with Crippen LogP contribution < -0.4 is 15.8 Å². The van der Waals surface area contributed by atoms with Crippen LogP contribution in [0.1, 0.15) is 12.5 Å². The Labute approximate surface area is 132 Å². The number of amides is 1. The highest BCUT2D eigenvalue weighted by atomic mass is 79.9. The largest absolute Gasteiger partial charge is 0.497 e. The lowest BCUT2D eigenvalue weighted by molar-refractivity contribution is -0.122. The summed E-state index contributed by atoms with van der Waals surface area (Å²) < 4.78 is 6.06. The summed E-state index contributed by atoms with van der Waals surface area (Å²) in [6, 6.07) is 14.9. The van der Waals surface area contributed by atoms with E-state index < -0.39 is 11.4 Å². The number of carbonyl (C=O) groups is 1. The molecule has 0 fully saturated rings. The molecule has 0 bridgehead atoms. The van der Waals surface area contributed by atoms with Crippen LogP contribution in [0, 0.1) is 0 Å². The molecule has 1 amide bonds. The monoisotopic (exact) mass is 348 g/mol. The van der Waals surface area contributed by atoms with Gasteiger partial charge in [-0.3, -0.25) is 4.79 Å². The molecule has 0 saturated heterocycles.